The van der Waals surface area contributed by atoms with Crippen LogP contribution in [0.1, 0.15) is 18.2 Å². The van der Waals surface area contributed by atoms with Gasteiger partial charge in [-0.25, -0.2) is 4.79 Å². The summed E-state index contributed by atoms with van der Waals surface area (Å²) in [4.78, 5) is 15.9. The standard InChI is InChI=1S/C16H19N3O2/c1-3-21-15-6-4-14(5-7-15)19-16(20)18-11-13-8-9-17-12(2)10-13/h4-10H,3,11H2,1-2H3,(H2,18,19,20). The number of nitrogens with zero attached hydrogens (tertiary/aromatic N) is 1. The molecule has 0 unspecified atom stereocenters. The van der Waals surface area contributed by atoms with E-state index in [1.165, 1.54) is 0 Å². The van der Waals surface area contributed by atoms with E-state index in [1.54, 1.807) is 18.3 Å². The highest BCUT2D eigenvalue weighted by molar-refractivity contribution is 5.89. The summed E-state index contributed by atoms with van der Waals surface area (Å²) in [6.45, 7) is 4.94. The number of anilines is 1. The number of aryl methyl sites for hydroxylation is 1. The van der Waals surface area contributed by atoms with E-state index in [0.29, 0.717) is 13.2 Å². The van der Waals surface area contributed by atoms with Gasteiger partial charge in [-0.15, -0.1) is 0 Å². The van der Waals surface area contributed by atoms with E-state index in [2.05, 4.69) is 15.6 Å². The maximum atomic E-state index is 11.8. The monoisotopic (exact) mass is 285 g/mol. The summed E-state index contributed by atoms with van der Waals surface area (Å²) in [5.74, 6) is 0.788. The van der Waals surface area contributed by atoms with E-state index in [-0.39, 0.29) is 6.03 Å². The topological polar surface area (TPSA) is 63.2 Å². The molecule has 2 rings (SSSR count). The normalized spacial score (nSPS) is 10.0. The molecular formula is C16H19N3O2. The summed E-state index contributed by atoms with van der Waals surface area (Å²) in [6.07, 6.45) is 1.73. The van der Waals surface area contributed by atoms with Gasteiger partial charge in [-0.3, -0.25) is 4.98 Å². The number of carbonyl (C=O) groups excluding carboxylic acids is 1. The lowest BCUT2D eigenvalue weighted by molar-refractivity contribution is 0.251. The fraction of sp³-hybridized carbons (Fsp3) is 0.250. The van der Waals surface area contributed by atoms with Crippen molar-refractivity contribution in [3.8, 4) is 5.75 Å². The van der Waals surface area contributed by atoms with Gasteiger partial charge < -0.3 is 15.4 Å². The SMILES string of the molecule is CCOc1ccc(NC(=O)NCc2ccnc(C)c2)cc1. The molecule has 5 nitrogen and oxygen atoms in total. The molecule has 0 aliphatic rings. The molecule has 0 saturated carbocycles. The van der Waals surface area contributed by atoms with Crippen molar-refractivity contribution in [2.75, 3.05) is 11.9 Å². The molecule has 0 aliphatic heterocycles. The molecular weight excluding hydrogens is 266 g/mol. The number of urea groups is 1. The lowest BCUT2D eigenvalue weighted by atomic mass is 10.2. The van der Waals surface area contributed by atoms with Crippen LogP contribution in [-0.4, -0.2) is 17.6 Å². The van der Waals surface area contributed by atoms with Gasteiger partial charge in [0.15, 0.2) is 0 Å². The number of carbonyl (C=O) groups is 1. The van der Waals surface area contributed by atoms with E-state index < -0.39 is 0 Å². The van der Waals surface area contributed by atoms with E-state index in [1.807, 2.05) is 38.1 Å². The first-order valence-electron chi connectivity index (χ1n) is 6.86. The predicted molar refractivity (Wildman–Crippen MR) is 82.4 cm³/mol. The van der Waals surface area contributed by atoms with Crippen molar-refractivity contribution in [2.24, 2.45) is 0 Å². The molecule has 0 saturated heterocycles. The minimum Gasteiger partial charge on any atom is -0.494 e. The molecule has 1 aromatic carbocycles. The summed E-state index contributed by atoms with van der Waals surface area (Å²) < 4.78 is 5.35. The highest BCUT2D eigenvalue weighted by Gasteiger charge is 2.02. The van der Waals surface area contributed by atoms with Gasteiger partial charge in [0, 0.05) is 24.1 Å². The zero-order valence-electron chi connectivity index (χ0n) is 12.2. The average Bonchev–Trinajstić information content (AvgIpc) is 2.48. The minimum atomic E-state index is -0.242. The second-order valence-electron chi connectivity index (χ2n) is 4.57. The summed E-state index contributed by atoms with van der Waals surface area (Å²) in [7, 11) is 0. The number of rotatable bonds is 5. The van der Waals surface area contributed by atoms with E-state index >= 15 is 0 Å². The summed E-state index contributed by atoms with van der Waals surface area (Å²) in [6, 6.07) is 10.8. The molecule has 1 aromatic heterocycles. The van der Waals surface area contributed by atoms with Crippen LogP contribution >= 0.6 is 0 Å². The lowest BCUT2D eigenvalue weighted by Crippen LogP contribution is -2.28. The van der Waals surface area contributed by atoms with Gasteiger partial charge >= 0.3 is 6.03 Å². The van der Waals surface area contributed by atoms with Crippen molar-refractivity contribution < 1.29 is 9.53 Å². The maximum Gasteiger partial charge on any atom is 0.319 e. The van der Waals surface area contributed by atoms with E-state index in [0.717, 1.165) is 22.7 Å². The third-order valence-corrected chi connectivity index (χ3v) is 2.84. The van der Waals surface area contributed by atoms with E-state index in [4.69, 9.17) is 4.74 Å². The second kappa shape index (κ2) is 7.28. The van der Waals surface area contributed by atoms with Crippen LogP contribution in [0.25, 0.3) is 0 Å². The van der Waals surface area contributed by atoms with Gasteiger partial charge in [-0.2, -0.15) is 0 Å². The van der Waals surface area contributed by atoms with Gasteiger partial charge in [0.1, 0.15) is 5.75 Å². The Morgan fingerprint density at radius 1 is 1.24 bits per heavy atom. The van der Waals surface area contributed by atoms with Crippen molar-refractivity contribution in [1.82, 2.24) is 10.3 Å². The molecule has 110 valence electrons. The molecule has 2 aromatic rings. The Morgan fingerprint density at radius 3 is 2.67 bits per heavy atom. The van der Waals surface area contributed by atoms with Gasteiger partial charge in [0.25, 0.3) is 0 Å². The van der Waals surface area contributed by atoms with Gasteiger partial charge in [0.05, 0.1) is 6.61 Å². The highest BCUT2D eigenvalue weighted by atomic mass is 16.5. The van der Waals surface area contributed by atoms with Crippen molar-refractivity contribution in [3.05, 3.63) is 53.9 Å². The molecule has 0 fully saturated rings. The molecule has 0 atom stereocenters. The second-order valence-corrected chi connectivity index (χ2v) is 4.57. The zero-order chi connectivity index (χ0) is 15.1. The van der Waals surface area contributed by atoms with Crippen LogP contribution in [0.2, 0.25) is 0 Å². The van der Waals surface area contributed by atoms with Crippen LogP contribution in [-0.2, 0) is 6.54 Å². The van der Waals surface area contributed by atoms with Crippen molar-refractivity contribution in [1.29, 1.82) is 0 Å². The van der Waals surface area contributed by atoms with Crippen LogP contribution in [0, 0.1) is 6.92 Å². The number of ether oxygens (including phenoxy) is 1. The number of benzene rings is 1. The molecule has 0 aliphatic carbocycles. The number of hydrogen-bond donors (Lipinski definition) is 2. The highest BCUT2D eigenvalue weighted by Crippen LogP contribution is 2.15. The molecule has 0 radical (unpaired) electrons. The largest absolute Gasteiger partial charge is 0.494 e. The van der Waals surface area contributed by atoms with Crippen LogP contribution in [0.5, 0.6) is 5.75 Å². The molecule has 2 amide bonds. The Balaban J connectivity index is 1.84. The Bertz CT molecular complexity index is 597. The van der Waals surface area contributed by atoms with Crippen molar-refractivity contribution in [3.63, 3.8) is 0 Å². The Kier molecular flexibility index (Phi) is 5.15. The average molecular weight is 285 g/mol. The third kappa shape index (κ3) is 4.80. The quantitative estimate of drug-likeness (QED) is 0.887. The van der Waals surface area contributed by atoms with Crippen LogP contribution < -0.4 is 15.4 Å². The first-order valence-corrected chi connectivity index (χ1v) is 6.86. The van der Waals surface area contributed by atoms with E-state index in [9.17, 15) is 4.79 Å². The zero-order valence-corrected chi connectivity index (χ0v) is 12.2. The summed E-state index contributed by atoms with van der Waals surface area (Å²) in [5.41, 5.74) is 2.67. The van der Waals surface area contributed by atoms with Gasteiger partial charge in [0.2, 0.25) is 0 Å². The molecule has 2 N–H and O–H groups in total. The number of aromatic nitrogens is 1. The third-order valence-electron chi connectivity index (χ3n) is 2.84. The molecule has 1 heterocycles. The Morgan fingerprint density at radius 2 is 2.00 bits per heavy atom. The number of hydrogen-bond acceptors (Lipinski definition) is 3. The van der Waals surface area contributed by atoms with Crippen LogP contribution in [0.3, 0.4) is 0 Å². The first kappa shape index (κ1) is 14.8. The molecule has 5 heteroatoms. The Hall–Kier alpha value is -2.56. The molecule has 0 spiro atoms. The molecule has 21 heavy (non-hydrogen) atoms. The van der Waals surface area contributed by atoms with Crippen molar-refractivity contribution >= 4 is 11.7 Å². The fourth-order valence-corrected chi connectivity index (χ4v) is 1.87. The number of nitrogens with one attached hydrogen (secondary N) is 2. The number of pyridine rings is 1. The van der Waals surface area contributed by atoms with Crippen LogP contribution in [0.4, 0.5) is 10.5 Å². The fourth-order valence-electron chi connectivity index (χ4n) is 1.87. The van der Waals surface area contributed by atoms with Crippen LogP contribution in [0.15, 0.2) is 42.6 Å². The predicted octanol–water partition coefficient (Wildman–Crippen LogP) is 3.11. The van der Waals surface area contributed by atoms with Crippen molar-refractivity contribution in [2.45, 2.75) is 20.4 Å². The minimum absolute atomic E-state index is 0.242. The summed E-state index contributed by atoms with van der Waals surface area (Å²) in [5, 5.41) is 5.58. The molecule has 0 bridgehead atoms. The van der Waals surface area contributed by atoms with Gasteiger partial charge in [-0.05, 0) is 55.8 Å². The first-order chi connectivity index (χ1) is 10.2. The maximum absolute atomic E-state index is 11.8. The van der Waals surface area contributed by atoms with Gasteiger partial charge in [-0.1, -0.05) is 0 Å². The summed E-state index contributed by atoms with van der Waals surface area (Å²) >= 11 is 0. The Labute approximate surface area is 124 Å². The lowest BCUT2D eigenvalue weighted by Gasteiger charge is -2.09. The number of amides is 2. The smallest absolute Gasteiger partial charge is 0.319 e.